The number of aromatic nitrogens is 2. The second-order valence-corrected chi connectivity index (χ2v) is 8.27. The van der Waals surface area contributed by atoms with Crippen LogP contribution in [0.1, 0.15) is 25.7 Å². The average Bonchev–Trinajstić information content (AvgIpc) is 2.80. The summed E-state index contributed by atoms with van der Waals surface area (Å²) in [6.45, 7) is 0. The maximum atomic E-state index is 12.4. The fourth-order valence-electron chi connectivity index (χ4n) is 4.12. The maximum Gasteiger partial charge on any atom is 0.319 e. The standard InChI is InChI=1S/C24H30N6O2/c1-30(2)22-18-8-4-5-9-19(18)27-23(29-22)25-16-12-14-17(15-13-16)26-24(31)28-20-10-6-7-11-21(20)32-3/h4-11,16-17H,12-15H2,1-3H3,(H,25,27,29)(H2,26,28,31)/t16-,17+. The van der Waals surface area contributed by atoms with Gasteiger partial charge in [-0.3, -0.25) is 0 Å². The van der Waals surface area contributed by atoms with E-state index in [0.29, 0.717) is 17.4 Å². The Morgan fingerprint density at radius 1 is 0.969 bits per heavy atom. The van der Waals surface area contributed by atoms with Crippen LogP contribution in [-0.2, 0) is 0 Å². The van der Waals surface area contributed by atoms with E-state index < -0.39 is 0 Å². The summed E-state index contributed by atoms with van der Waals surface area (Å²) in [5, 5.41) is 10.5. The van der Waals surface area contributed by atoms with Crippen LogP contribution in [0.2, 0.25) is 0 Å². The predicted octanol–water partition coefficient (Wildman–Crippen LogP) is 4.25. The molecule has 3 aromatic rings. The van der Waals surface area contributed by atoms with Crippen molar-refractivity contribution in [1.29, 1.82) is 0 Å². The molecule has 1 saturated carbocycles. The lowest BCUT2D eigenvalue weighted by atomic mass is 9.91. The molecule has 0 unspecified atom stereocenters. The van der Waals surface area contributed by atoms with Gasteiger partial charge in [-0.1, -0.05) is 24.3 Å². The number of benzene rings is 2. The SMILES string of the molecule is COc1ccccc1NC(=O)N[C@H]1CC[C@@H](Nc2nc(N(C)C)c3ccccc3n2)CC1. The Kier molecular flexibility index (Phi) is 6.58. The molecule has 0 spiro atoms. The molecule has 8 nitrogen and oxygen atoms in total. The summed E-state index contributed by atoms with van der Waals surface area (Å²) in [7, 11) is 5.57. The number of hydrogen-bond donors (Lipinski definition) is 3. The molecule has 0 aliphatic heterocycles. The van der Waals surface area contributed by atoms with Crippen molar-refractivity contribution in [2.24, 2.45) is 0 Å². The van der Waals surface area contributed by atoms with Gasteiger partial charge in [-0.2, -0.15) is 4.98 Å². The van der Waals surface area contributed by atoms with Crippen LogP contribution in [-0.4, -0.2) is 49.3 Å². The smallest absolute Gasteiger partial charge is 0.319 e. The van der Waals surface area contributed by atoms with Gasteiger partial charge in [0.2, 0.25) is 5.95 Å². The zero-order chi connectivity index (χ0) is 22.5. The van der Waals surface area contributed by atoms with E-state index in [1.807, 2.05) is 67.5 Å². The number of amides is 2. The minimum atomic E-state index is -0.209. The summed E-state index contributed by atoms with van der Waals surface area (Å²) in [4.78, 5) is 23.9. The van der Waals surface area contributed by atoms with E-state index in [-0.39, 0.29) is 18.1 Å². The van der Waals surface area contributed by atoms with Crippen molar-refractivity contribution in [1.82, 2.24) is 15.3 Å². The highest BCUT2D eigenvalue weighted by Gasteiger charge is 2.23. The Labute approximate surface area is 188 Å². The summed E-state index contributed by atoms with van der Waals surface area (Å²) in [6, 6.07) is 15.6. The van der Waals surface area contributed by atoms with E-state index in [2.05, 4.69) is 16.0 Å². The number of carbonyl (C=O) groups excluding carboxylic acids is 1. The van der Waals surface area contributed by atoms with E-state index in [1.54, 1.807) is 7.11 Å². The number of methoxy groups -OCH3 is 1. The number of carbonyl (C=O) groups is 1. The third-order valence-electron chi connectivity index (χ3n) is 5.76. The van der Waals surface area contributed by atoms with Crippen LogP contribution in [0.4, 0.5) is 22.2 Å². The number of urea groups is 1. The van der Waals surface area contributed by atoms with Crippen LogP contribution in [0.25, 0.3) is 10.9 Å². The molecular formula is C24H30N6O2. The summed E-state index contributed by atoms with van der Waals surface area (Å²) >= 11 is 0. The van der Waals surface area contributed by atoms with Crippen molar-refractivity contribution in [3.63, 3.8) is 0 Å². The number of nitrogens with zero attached hydrogens (tertiary/aromatic N) is 3. The molecule has 4 rings (SSSR count). The second kappa shape index (κ2) is 9.72. The zero-order valence-electron chi connectivity index (χ0n) is 18.8. The van der Waals surface area contributed by atoms with Gasteiger partial charge in [0.25, 0.3) is 0 Å². The summed E-state index contributed by atoms with van der Waals surface area (Å²) in [5.41, 5.74) is 1.59. The molecule has 0 atom stereocenters. The molecule has 8 heteroatoms. The quantitative estimate of drug-likeness (QED) is 0.537. The molecule has 2 amide bonds. The molecule has 2 aromatic carbocycles. The molecule has 1 aliphatic rings. The molecule has 168 valence electrons. The first-order valence-electron chi connectivity index (χ1n) is 10.9. The Morgan fingerprint density at radius 3 is 2.41 bits per heavy atom. The predicted molar refractivity (Wildman–Crippen MR) is 129 cm³/mol. The van der Waals surface area contributed by atoms with Crippen LogP contribution >= 0.6 is 0 Å². The van der Waals surface area contributed by atoms with Crippen molar-refractivity contribution in [3.8, 4) is 5.75 Å². The van der Waals surface area contributed by atoms with Crippen LogP contribution in [0.3, 0.4) is 0 Å². The topological polar surface area (TPSA) is 91.4 Å². The maximum absolute atomic E-state index is 12.4. The van der Waals surface area contributed by atoms with Gasteiger partial charge in [-0.15, -0.1) is 0 Å². The van der Waals surface area contributed by atoms with E-state index in [0.717, 1.165) is 42.4 Å². The number of para-hydroxylation sites is 3. The zero-order valence-corrected chi connectivity index (χ0v) is 18.8. The molecule has 1 aliphatic carbocycles. The van der Waals surface area contributed by atoms with Crippen LogP contribution in [0.5, 0.6) is 5.75 Å². The first kappa shape index (κ1) is 21.7. The van der Waals surface area contributed by atoms with Gasteiger partial charge in [0.05, 0.1) is 18.3 Å². The third kappa shape index (κ3) is 5.01. The average molecular weight is 435 g/mol. The highest BCUT2D eigenvalue weighted by Crippen LogP contribution is 2.27. The normalized spacial score (nSPS) is 18.1. The monoisotopic (exact) mass is 434 g/mol. The Bertz CT molecular complexity index is 1080. The first-order valence-corrected chi connectivity index (χ1v) is 10.9. The van der Waals surface area contributed by atoms with Crippen LogP contribution in [0.15, 0.2) is 48.5 Å². The lowest BCUT2D eigenvalue weighted by molar-refractivity contribution is 0.243. The fraction of sp³-hybridized carbons (Fsp3) is 0.375. The van der Waals surface area contributed by atoms with Gasteiger partial charge in [-0.05, 0) is 49.9 Å². The van der Waals surface area contributed by atoms with Gasteiger partial charge < -0.3 is 25.6 Å². The minimum absolute atomic E-state index is 0.137. The van der Waals surface area contributed by atoms with Crippen LogP contribution in [0, 0.1) is 0 Å². The molecule has 1 fully saturated rings. The molecule has 3 N–H and O–H groups in total. The van der Waals surface area contributed by atoms with Crippen molar-refractivity contribution < 1.29 is 9.53 Å². The number of nitrogens with one attached hydrogen (secondary N) is 3. The number of anilines is 3. The summed E-state index contributed by atoms with van der Waals surface area (Å²) < 4.78 is 5.29. The van der Waals surface area contributed by atoms with E-state index in [9.17, 15) is 4.79 Å². The number of rotatable bonds is 6. The van der Waals surface area contributed by atoms with Gasteiger partial charge in [0.15, 0.2) is 0 Å². The van der Waals surface area contributed by atoms with E-state index in [4.69, 9.17) is 14.7 Å². The Morgan fingerprint density at radius 2 is 1.66 bits per heavy atom. The number of ether oxygens (including phenoxy) is 1. The first-order chi connectivity index (χ1) is 15.5. The summed E-state index contributed by atoms with van der Waals surface area (Å²) in [5.74, 6) is 2.20. The van der Waals surface area contributed by atoms with E-state index in [1.165, 1.54) is 0 Å². The van der Waals surface area contributed by atoms with E-state index >= 15 is 0 Å². The van der Waals surface area contributed by atoms with Gasteiger partial charge in [0.1, 0.15) is 11.6 Å². The molecule has 1 aromatic heterocycles. The molecule has 0 bridgehead atoms. The fourth-order valence-corrected chi connectivity index (χ4v) is 4.12. The number of fused-ring (bicyclic) bond motifs is 1. The Hall–Kier alpha value is -3.55. The van der Waals surface area contributed by atoms with Gasteiger partial charge in [0, 0.05) is 31.6 Å². The summed E-state index contributed by atoms with van der Waals surface area (Å²) in [6.07, 6.45) is 3.66. The second-order valence-electron chi connectivity index (χ2n) is 8.27. The minimum Gasteiger partial charge on any atom is -0.495 e. The molecule has 32 heavy (non-hydrogen) atoms. The van der Waals surface area contributed by atoms with Crippen molar-refractivity contribution >= 4 is 34.4 Å². The van der Waals surface area contributed by atoms with Crippen LogP contribution < -0.4 is 25.6 Å². The largest absolute Gasteiger partial charge is 0.495 e. The van der Waals surface area contributed by atoms with Crippen molar-refractivity contribution in [2.45, 2.75) is 37.8 Å². The molecular weight excluding hydrogens is 404 g/mol. The highest BCUT2D eigenvalue weighted by atomic mass is 16.5. The molecule has 1 heterocycles. The van der Waals surface area contributed by atoms with Crippen molar-refractivity contribution in [2.75, 3.05) is 36.7 Å². The number of hydrogen-bond acceptors (Lipinski definition) is 6. The van der Waals surface area contributed by atoms with Crippen molar-refractivity contribution in [3.05, 3.63) is 48.5 Å². The van der Waals surface area contributed by atoms with Gasteiger partial charge in [-0.25, -0.2) is 9.78 Å². The Balaban J connectivity index is 1.33. The third-order valence-corrected chi connectivity index (χ3v) is 5.76. The highest BCUT2D eigenvalue weighted by molar-refractivity contribution is 5.91. The molecule has 0 radical (unpaired) electrons. The lowest BCUT2D eigenvalue weighted by Gasteiger charge is -2.30. The molecule has 0 saturated heterocycles. The van der Waals surface area contributed by atoms with Gasteiger partial charge >= 0.3 is 6.03 Å². The lowest BCUT2D eigenvalue weighted by Crippen LogP contribution is -2.42.